The standard InChI is InChI=1S/C25H23N3O/c1-29-21-14-12-20(13-15-21)28-25-22(16-17-26-25)24(27-28)23(18-8-4-2-5-9-18)19-10-6-3-7-11-19/h2-15,23,26H,16-17H2,1H3. The minimum Gasteiger partial charge on any atom is -0.497 e. The van der Waals surface area contributed by atoms with Crippen LogP contribution in [0.25, 0.3) is 5.69 Å². The number of methoxy groups -OCH3 is 1. The molecule has 0 aliphatic carbocycles. The van der Waals surface area contributed by atoms with Crippen molar-refractivity contribution >= 4 is 5.82 Å². The first-order valence-corrected chi connectivity index (χ1v) is 9.95. The van der Waals surface area contributed by atoms with Gasteiger partial charge in [-0.1, -0.05) is 60.7 Å². The predicted octanol–water partition coefficient (Wildman–Crippen LogP) is 5.03. The molecule has 2 heterocycles. The summed E-state index contributed by atoms with van der Waals surface area (Å²) in [6.07, 6.45) is 0.983. The van der Waals surface area contributed by atoms with Crippen LogP contribution in [0, 0.1) is 0 Å². The fourth-order valence-corrected chi connectivity index (χ4v) is 4.14. The molecule has 3 aromatic carbocycles. The van der Waals surface area contributed by atoms with Crippen molar-refractivity contribution in [3.8, 4) is 11.4 Å². The van der Waals surface area contributed by atoms with E-state index in [9.17, 15) is 0 Å². The molecule has 1 aliphatic rings. The number of aromatic nitrogens is 2. The van der Waals surface area contributed by atoms with E-state index in [1.807, 2.05) is 16.8 Å². The van der Waals surface area contributed by atoms with Gasteiger partial charge in [-0.2, -0.15) is 5.10 Å². The number of rotatable bonds is 5. The lowest BCUT2D eigenvalue weighted by atomic mass is 9.86. The molecule has 1 N–H and O–H groups in total. The molecular weight excluding hydrogens is 358 g/mol. The maximum atomic E-state index is 5.31. The number of nitrogens with one attached hydrogen (secondary N) is 1. The van der Waals surface area contributed by atoms with Crippen LogP contribution in [-0.2, 0) is 6.42 Å². The molecule has 0 saturated heterocycles. The second-order valence-electron chi connectivity index (χ2n) is 7.25. The lowest BCUT2D eigenvalue weighted by Gasteiger charge is -2.17. The summed E-state index contributed by atoms with van der Waals surface area (Å²) in [7, 11) is 1.69. The summed E-state index contributed by atoms with van der Waals surface area (Å²) in [6, 6.07) is 29.4. The molecule has 1 aromatic heterocycles. The molecular formula is C25H23N3O. The first-order valence-electron chi connectivity index (χ1n) is 9.95. The van der Waals surface area contributed by atoms with Crippen molar-refractivity contribution in [3.05, 3.63) is 107 Å². The summed E-state index contributed by atoms with van der Waals surface area (Å²) >= 11 is 0. The van der Waals surface area contributed by atoms with E-state index in [1.54, 1.807) is 7.11 Å². The average molecular weight is 381 g/mol. The van der Waals surface area contributed by atoms with Crippen LogP contribution in [0.3, 0.4) is 0 Å². The molecule has 4 nitrogen and oxygen atoms in total. The maximum Gasteiger partial charge on any atom is 0.133 e. The van der Waals surface area contributed by atoms with Crippen LogP contribution in [0.1, 0.15) is 28.3 Å². The molecule has 144 valence electrons. The summed E-state index contributed by atoms with van der Waals surface area (Å²) in [5.41, 5.74) is 5.97. The predicted molar refractivity (Wildman–Crippen MR) is 116 cm³/mol. The normalized spacial score (nSPS) is 12.6. The van der Waals surface area contributed by atoms with Gasteiger partial charge in [0.1, 0.15) is 11.6 Å². The summed E-state index contributed by atoms with van der Waals surface area (Å²) in [4.78, 5) is 0. The maximum absolute atomic E-state index is 5.31. The lowest BCUT2D eigenvalue weighted by molar-refractivity contribution is 0.414. The Kier molecular flexibility index (Phi) is 4.53. The Morgan fingerprint density at radius 2 is 1.48 bits per heavy atom. The fraction of sp³-hybridized carbons (Fsp3) is 0.160. The molecule has 0 atom stereocenters. The molecule has 0 radical (unpaired) electrons. The van der Waals surface area contributed by atoms with E-state index < -0.39 is 0 Å². The van der Waals surface area contributed by atoms with E-state index in [0.29, 0.717) is 0 Å². The highest BCUT2D eigenvalue weighted by Gasteiger charge is 2.29. The van der Waals surface area contributed by atoms with Crippen LogP contribution >= 0.6 is 0 Å². The van der Waals surface area contributed by atoms with Gasteiger partial charge in [-0.25, -0.2) is 4.68 Å². The van der Waals surface area contributed by atoms with E-state index in [4.69, 9.17) is 9.84 Å². The zero-order chi connectivity index (χ0) is 19.6. The topological polar surface area (TPSA) is 39.1 Å². The average Bonchev–Trinajstić information content (AvgIpc) is 3.40. The number of ether oxygens (including phenoxy) is 1. The number of hydrogen-bond donors (Lipinski definition) is 1. The van der Waals surface area contributed by atoms with Gasteiger partial charge in [0.2, 0.25) is 0 Å². The Balaban J connectivity index is 1.67. The Hall–Kier alpha value is -3.53. The van der Waals surface area contributed by atoms with Gasteiger partial charge in [-0.15, -0.1) is 0 Å². The zero-order valence-electron chi connectivity index (χ0n) is 16.4. The second-order valence-corrected chi connectivity index (χ2v) is 7.25. The molecule has 0 unspecified atom stereocenters. The van der Waals surface area contributed by atoms with Gasteiger partial charge in [0.05, 0.1) is 24.4 Å². The number of benzene rings is 3. The van der Waals surface area contributed by atoms with Crippen LogP contribution in [-0.4, -0.2) is 23.4 Å². The van der Waals surface area contributed by atoms with Crippen molar-refractivity contribution in [2.45, 2.75) is 12.3 Å². The minimum absolute atomic E-state index is 0.102. The van der Waals surface area contributed by atoms with Gasteiger partial charge in [0.25, 0.3) is 0 Å². The van der Waals surface area contributed by atoms with Crippen LogP contribution < -0.4 is 10.1 Å². The number of fused-ring (bicyclic) bond motifs is 1. The summed E-state index contributed by atoms with van der Waals surface area (Å²) in [5.74, 6) is 2.05. The Bertz CT molecular complexity index is 1060. The van der Waals surface area contributed by atoms with Gasteiger partial charge < -0.3 is 10.1 Å². The number of anilines is 1. The third kappa shape index (κ3) is 3.17. The van der Waals surface area contributed by atoms with Crippen molar-refractivity contribution < 1.29 is 4.74 Å². The largest absolute Gasteiger partial charge is 0.497 e. The van der Waals surface area contributed by atoms with Crippen LogP contribution in [0.2, 0.25) is 0 Å². The van der Waals surface area contributed by atoms with Crippen molar-refractivity contribution in [1.29, 1.82) is 0 Å². The van der Waals surface area contributed by atoms with Crippen LogP contribution in [0.4, 0.5) is 5.82 Å². The number of hydrogen-bond acceptors (Lipinski definition) is 3. The van der Waals surface area contributed by atoms with Crippen LogP contribution in [0.15, 0.2) is 84.9 Å². The summed E-state index contributed by atoms with van der Waals surface area (Å²) in [5, 5.41) is 8.67. The molecule has 4 heteroatoms. The summed E-state index contributed by atoms with van der Waals surface area (Å²) < 4.78 is 7.35. The van der Waals surface area contributed by atoms with Crippen LogP contribution in [0.5, 0.6) is 5.75 Å². The molecule has 1 aliphatic heterocycles. The van der Waals surface area contributed by atoms with Gasteiger partial charge >= 0.3 is 0 Å². The molecule has 5 rings (SSSR count). The van der Waals surface area contributed by atoms with Gasteiger partial charge in [-0.3, -0.25) is 0 Å². The summed E-state index contributed by atoms with van der Waals surface area (Å²) in [6.45, 7) is 0.937. The van der Waals surface area contributed by atoms with E-state index in [1.165, 1.54) is 16.7 Å². The zero-order valence-corrected chi connectivity index (χ0v) is 16.4. The molecule has 0 fully saturated rings. The fourth-order valence-electron chi connectivity index (χ4n) is 4.14. The van der Waals surface area contributed by atoms with Gasteiger partial charge in [-0.05, 0) is 41.8 Å². The van der Waals surface area contributed by atoms with E-state index >= 15 is 0 Å². The van der Waals surface area contributed by atoms with E-state index in [0.717, 1.165) is 35.9 Å². The highest BCUT2D eigenvalue weighted by Crippen LogP contribution is 2.39. The Labute approximate surface area is 170 Å². The first kappa shape index (κ1) is 17.6. The van der Waals surface area contributed by atoms with E-state index in [-0.39, 0.29) is 5.92 Å². The van der Waals surface area contributed by atoms with Crippen molar-refractivity contribution in [1.82, 2.24) is 9.78 Å². The second kappa shape index (κ2) is 7.47. The molecule has 0 bridgehead atoms. The lowest BCUT2D eigenvalue weighted by Crippen LogP contribution is -2.09. The minimum atomic E-state index is 0.102. The van der Waals surface area contributed by atoms with E-state index in [2.05, 4.69) is 78.1 Å². The molecule has 0 saturated carbocycles. The SMILES string of the molecule is COc1ccc(-n2nc(C(c3ccccc3)c3ccccc3)c3c2NCC3)cc1. The molecule has 4 aromatic rings. The monoisotopic (exact) mass is 381 g/mol. The smallest absolute Gasteiger partial charge is 0.133 e. The molecule has 0 amide bonds. The first-order chi connectivity index (χ1) is 14.3. The van der Waals surface area contributed by atoms with Crippen molar-refractivity contribution in [2.75, 3.05) is 19.0 Å². The molecule has 0 spiro atoms. The van der Waals surface area contributed by atoms with Gasteiger partial charge in [0.15, 0.2) is 0 Å². The highest BCUT2D eigenvalue weighted by atomic mass is 16.5. The van der Waals surface area contributed by atoms with Gasteiger partial charge in [0, 0.05) is 12.1 Å². The highest BCUT2D eigenvalue weighted by molar-refractivity contribution is 5.60. The Morgan fingerprint density at radius 1 is 0.862 bits per heavy atom. The molecule has 29 heavy (non-hydrogen) atoms. The Morgan fingerprint density at radius 3 is 2.07 bits per heavy atom. The third-order valence-corrected chi connectivity index (χ3v) is 5.54. The van der Waals surface area contributed by atoms with Crippen molar-refractivity contribution in [2.24, 2.45) is 0 Å². The third-order valence-electron chi connectivity index (χ3n) is 5.54. The number of nitrogens with zero attached hydrogens (tertiary/aromatic N) is 2. The quantitative estimate of drug-likeness (QED) is 0.527. The van der Waals surface area contributed by atoms with Crippen molar-refractivity contribution in [3.63, 3.8) is 0 Å².